The Labute approximate surface area is 115 Å². The van der Waals surface area contributed by atoms with E-state index in [1.165, 1.54) is 7.11 Å². The molecule has 1 unspecified atom stereocenters. The molecule has 0 heterocycles. The van der Waals surface area contributed by atoms with Gasteiger partial charge in [-0.25, -0.2) is 0 Å². The van der Waals surface area contributed by atoms with E-state index in [-0.39, 0.29) is 8.41 Å². The van der Waals surface area contributed by atoms with Gasteiger partial charge < -0.3 is 9.26 Å². The van der Waals surface area contributed by atoms with Crippen LogP contribution in [0.4, 0.5) is 0 Å². The summed E-state index contributed by atoms with van der Waals surface area (Å²) in [5, 5.41) is 1.25. The Kier molecular flexibility index (Phi) is 5.40. The zero-order valence-electron chi connectivity index (χ0n) is 10.9. The summed E-state index contributed by atoms with van der Waals surface area (Å²) in [6.07, 6.45) is 0. The summed E-state index contributed by atoms with van der Waals surface area (Å²) in [6, 6.07) is 16.4. The summed E-state index contributed by atoms with van der Waals surface area (Å²) in [6.45, 7) is 0. The van der Waals surface area contributed by atoms with Gasteiger partial charge in [-0.05, 0) is 24.3 Å². The molecule has 97 valence electrons. The Morgan fingerprint density at radius 1 is 0.895 bits per heavy atom. The van der Waals surface area contributed by atoms with E-state index in [9.17, 15) is 4.57 Å². The summed E-state index contributed by atoms with van der Waals surface area (Å²) in [7, 11) is -0.0662. The van der Waals surface area contributed by atoms with Crippen molar-refractivity contribution in [1.29, 1.82) is 0 Å². The zero-order valence-corrected chi connectivity index (χ0v) is 11.8. The third-order valence-corrected chi connectivity index (χ3v) is 5.25. The van der Waals surface area contributed by atoms with Crippen LogP contribution in [0.1, 0.15) is 0 Å². The predicted octanol–water partition coefficient (Wildman–Crippen LogP) is 2.19. The van der Waals surface area contributed by atoms with Crippen molar-refractivity contribution in [2.45, 2.75) is 0 Å². The molecule has 5 heteroatoms. The van der Waals surface area contributed by atoms with Crippen LogP contribution in [0, 0.1) is 0 Å². The first-order valence-corrected chi connectivity index (χ1v) is 7.20. The molecule has 2 aromatic carbocycles. The fourth-order valence-electron chi connectivity index (χ4n) is 1.84. The number of hydrogen-bond donors (Lipinski definition) is 0. The summed E-state index contributed by atoms with van der Waals surface area (Å²) in [5.74, 6) is 0.575. The van der Waals surface area contributed by atoms with Crippen LogP contribution in [0.2, 0.25) is 0 Å². The Hall–Kier alpha value is -1.51. The molecule has 0 spiro atoms. The van der Waals surface area contributed by atoms with Gasteiger partial charge in [-0.2, -0.15) is 0 Å². The number of para-hydroxylation sites is 1. The number of hydrogen-bond acceptors (Lipinski definition) is 3. The third-order valence-electron chi connectivity index (χ3n) is 2.76. The van der Waals surface area contributed by atoms with Gasteiger partial charge in [0.1, 0.15) is 5.75 Å². The highest BCUT2D eigenvalue weighted by Crippen LogP contribution is 2.46. The molecule has 0 saturated carbocycles. The van der Waals surface area contributed by atoms with Crippen LogP contribution in [0.25, 0.3) is 0 Å². The van der Waals surface area contributed by atoms with Crippen LogP contribution in [0.3, 0.4) is 0 Å². The van der Waals surface area contributed by atoms with Crippen molar-refractivity contribution in [2.75, 3.05) is 14.2 Å². The summed E-state index contributed by atoms with van der Waals surface area (Å²) < 4.78 is 23.7. The third kappa shape index (κ3) is 2.91. The van der Waals surface area contributed by atoms with Crippen LogP contribution in [-0.2, 0) is 9.09 Å². The van der Waals surface area contributed by atoms with E-state index >= 15 is 0 Å². The molecule has 2 rings (SSSR count). The first kappa shape index (κ1) is 15.6. The second kappa shape index (κ2) is 6.60. The van der Waals surface area contributed by atoms with Crippen LogP contribution < -0.4 is 15.3 Å². The minimum Gasteiger partial charge on any atom is -0.496 e. The van der Waals surface area contributed by atoms with Crippen LogP contribution in [-0.4, -0.2) is 22.6 Å². The second-order valence-electron chi connectivity index (χ2n) is 3.74. The van der Waals surface area contributed by atoms with E-state index in [1.54, 1.807) is 31.4 Å². The number of methoxy groups -OCH3 is 1. The van der Waals surface area contributed by atoms with Gasteiger partial charge in [0, 0.05) is 20.8 Å². The average Bonchev–Trinajstić information content (AvgIpc) is 2.47. The average molecular weight is 273 g/mol. The van der Waals surface area contributed by atoms with E-state index in [0.29, 0.717) is 16.4 Å². The molecule has 0 N–H and O–H groups in total. The van der Waals surface area contributed by atoms with Crippen molar-refractivity contribution in [2.24, 2.45) is 0 Å². The van der Waals surface area contributed by atoms with Crippen LogP contribution in [0.15, 0.2) is 54.6 Å². The van der Waals surface area contributed by atoms with Gasteiger partial charge >= 0.3 is 0 Å². The zero-order chi connectivity index (χ0) is 13.0. The lowest BCUT2D eigenvalue weighted by molar-refractivity contribution is 0.402. The maximum atomic E-state index is 13.1. The quantitative estimate of drug-likeness (QED) is 0.632. The predicted molar refractivity (Wildman–Crippen MR) is 79.1 cm³/mol. The molecule has 0 aliphatic rings. The molecule has 0 bridgehead atoms. The molecule has 0 aliphatic carbocycles. The highest BCUT2D eigenvalue weighted by atomic mass is 31.2. The highest BCUT2D eigenvalue weighted by Gasteiger charge is 2.30. The van der Waals surface area contributed by atoms with E-state index in [0.717, 1.165) is 0 Å². The first-order valence-electron chi connectivity index (χ1n) is 5.57. The molecule has 0 aliphatic heterocycles. The minimum absolute atomic E-state index is 0. The fraction of sp³-hybridized carbons (Fsp3) is 0.143. The number of ether oxygens (including phenoxy) is 1. The van der Waals surface area contributed by atoms with Crippen LogP contribution in [0.5, 0.6) is 5.75 Å². The largest absolute Gasteiger partial charge is 0.496 e. The van der Waals surface area contributed by atoms with Crippen molar-refractivity contribution < 1.29 is 13.8 Å². The Morgan fingerprint density at radius 3 is 2.05 bits per heavy atom. The first-order chi connectivity index (χ1) is 8.72. The molecule has 3 nitrogen and oxygen atoms in total. The summed E-state index contributed by atoms with van der Waals surface area (Å²) in [5.41, 5.74) is 0. The Balaban J connectivity index is 0.00000180. The molecule has 2 aromatic rings. The maximum Gasteiger partial charge on any atom is 0.264 e. The molecular weight excluding hydrogens is 258 g/mol. The SMILES string of the molecule is COc1ccccc1P(=O)(OC)c1ccccc1.[B]. The van der Waals surface area contributed by atoms with E-state index < -0.39 is 7.37 Å². The Bertz CT molecular complexity index is 572. The molecule has 3 radical (unpaired) electrons. The van der Waals surface area contributed by atoms with Gasteiger partial charge in [-0.15, -0.1) is 0 Å². The molecule has 0 fully saturated rings. The highest BCUT2D eigenvalue weighted by molar-refractivity contribution is 7.74. The summed E-state index contributed by atoms with van der Waals surface area (Å²) in [4.78, 5) is 0. The van der Waals surface area contributed by atoms with Crippen molar-refractivity contribution in [3.63, 3.8) is 0 Å². The standard InChI is InChI=1S/C14H15O3P.B/c1-16-13-10-6-7-11-14(13)18(15,17-2)12-8-4-3-5-9-12;/h3-11H,1-2H3;. The van der Waals surface area contributed by atoms with Crippen molar-refractivity contribution >= 4 is 26.4 Å². The molecule has 0 aromatic heterocycles. The van der Waals surface area contributed by atoms with Crippen LogP contribution >= 0.6 is 7.37 Å². The molecule has 19 heavy (non-hydrogen) atoms. The van der Waals surface area contributed by atoms with Gasteiger partial charge in [-0.1, -0.05) is 30.3 Å². The smallest absolute Gasteiger partial charge is 0.264 e. The monoisotopic (exact) mass is 273 g/mol. The maximum absolute atomic E-state index is 13.1. The van der Waals surface area contributed by atoms with E-state index in [1.807, 2.05) is 30.3 Å². The molecule has 0 amide bonds. The summed E-state index contributed by atoms with van der Waals surface area (Å²) >= 11 is 0. The van der Waals surface area contributed by atoms with Gasteiger partial charge in [0.25, 0.3) is 7.37 Å². The number of rotatable bonds is 4. The lowest BCUT2D eigenvalue weighted by Gasteiger charge is -2.19. The Morgan fingerprint density at radius 2 is 1.47 bits per heavy atom. The van der Waals surface area contributed by atoms with Gasteiger partial charge in [0.2, 0.25) is 0 Å². The fourth-order valence-corrected chi connectivity index (χ4v) is 3.83. The normalized spacial score (nSPS) is 13.2. The van der Waals surface area contributed by atoms with Gasteiger partial charge in [0.05, 0.1) is 12.4 Å². The van der Waals surface area contributed by atoms with Gasteiger partial charge in [-0.3, -0.25) is 4.57 Å². The van der Waals surface area contributed by atoms with Crippen molar-refractivity contribution in [1.82, 2.24) is 0 Å². The molecule has 1 atom stereocenters. The van der Waals surface area contributed by atoms with Crippen molar-refractivity contribution in [3.05, 3.63) is 54.6 Å². The lowest BCUT2D eigenvalue weighted by atomic mass is 10.3. The lowest BCUT2D eigenvalue weighted by Crippen LogP contribution is -2.18. The minimum atomic E-state index is -3.08. The van der Waals surface area contributed by atoms with Crippen molar-refractivity contribution in [3.8, 4) is 5.75 Å². The molecule has 0 saturated heterocycles. The van der Waals surface area contributed by atoms with E-state index in [4.69, 9.17) is 9.26 Å². The van der Waals surface area contributed by atoms with Gasteiger partial charge in [0.15, 0.2) is 0 Å². The second-order valence-corrected chi connectivity index (χ2v) is 6.21. The van der Waals surface area contributed by atoms with E-state index in [2.05, 4.69) is 0 Å². The number of benzene rings is 2. The topological polar surface area (TPSA) is 35.5 Å². The molecular formula is C14H15BO3P.